The standard InChI is InChI=1S/C7H7N3O3S2/c8-15(11,12)10(6-3-4-13-9-6)7-2-1-5-14-7/h1-5H,(H2,8,11,12). The minimum Gasteiger partial charge on any atom is -0.363 e. The Kier molecular flexibility index (Phi) is 2.47. The number of thiophene rings is 1. The third kappa shape index (κ3) is 2.01. The van der Waals surface area contributed by atoms with Crippen LogP contribution < -0.4 is 9.44 Å². The number of aromatic nitrogens is 1. The Labute approximate surface area is 90.1 Å². The van der Waals surface area contributed by atoms with Gasteiger partial charge >= 0.3 is 10.2 Å². The first-order valence-electron chi connectivity index (χ1n) is 3.86. The van der Waals surface area contributed by atoms with E-state index < -0.39 is 10.2 Å². The Balaban J connectivity index is 2.52. The van der Waals surface area contributed by atoms with E-state index in [2.05, 4.69) is 9.68 Å². The molecule has 0 unspecified atom stereocenters. The molecule has 0 radical (unpaired) electrons. The van der Waals surface area contributed by atoms with Crippen molar-refractivity contribution in [2.45, 2.75) is 0 Å². The van der Waals surface area contributed by atoms with E-state index in [1.165, 1.54) is 23.7 Å². The van der Waals surface area contributed by atoms with Crippen LogP contribution >= 0.6 is 11.3 Å². The van der Waals surface area contributed by atoms with Crippen molar-refractivity contribution >= 4 is 32.4 Å². The van der Waals surface area contributed by atoms with Crippen LogP contribution in [0.5, 0.6) is 0 Å². The summed E-state index contributed by atoms with van der Waals surface area (Å²) in [6.45, 7) is 0. The lowest BCUT2D eigenvalue weighted by atomic mass is 10.6. The van der Waals surface area contributed by atoms with Gasteiger partial charge in [-0.3, -0.25) is 0 Å². The summed E-state index contributed by atoms with van der Waals surface area (Å²) in [5.74, 6) is 0.139. The molecule has 2 aromatic rings. The Morgan fingerprint density at radius 3 is 2.73 bits per heavy atom. The van der Waals surface area contributed by atoms with Gasteiger partial charge in [-0.25, -0.2) is 5.14 Å². The molecular formula is C7H7N3O3S2. The highest BCUT2D eigenvalue weighted by Crippen LogP contribution is 2.29. The maximum absolute atomic E-state index is 11.4. The average molecular weight is 245 g/mol. The molecule has 0 aliphatic rings. The molecule has 0 aliphatic heterocycles. The number of rotatable bonds is 3. The van der Waals surface area contributed by atoms with Crippen molar-refractivity contribution in [3.05, 3.63) is 29.8 Å². The van der Waals surface area contributed by atoms with E-state index in [1.54, 1.807) is 17.5 Å². The Hall–Kier alpha value is -1.38. The molecule has 8 heteroatoms. The highest BCUT2D eigenvalue weighted by Gasteiger charge is 2.23. The fourth-order valence-electron chi connectivity index (χ4n) is 1.07. The lowest BCUT2D eigenvalue weighted by Crippen LogP contribution is -2.32. The van der Waals surface area contributed by atoms with Crippen LogP contribution in [-0.4, -0.2) is 13.6 Å². The zero-order chi connectivity index (χ0) is 10.9. The van der Waals surface area contributed by atoms with Crippen LogP contribution in [0.4, 0.5) is 10.8 Å². The maximum atomic E-state index is 11.4. The fourth-order valence-corrected chi connectivity index (χ4v) is 2.82. The molecule has 15 heavy (non-hydrogen) atoms. The fraction of sp³-hybridized carbons (Fsp3) is 0. The number of hydrogen-bond donors (Lipinski definition) is 1. The Bertz CT molecular complexity index is 484. The van der Waals surface area contributed by atoms with E-state index in [0.29, 0.717) is 5.00 Å². The van der Waals surface area contributed by atoms with Gasteiger partial charge in [-0.1, -0.05) is 5.16 Å². The predicted octanol–water partition coefficient (Wildman–Crippen LogP) is 1.08. The molecule has 0 spiro atoms. The Morgan fingerprint density at radius 1 is 1.47 bits per heavy atom. The summed E-state index contributed by atoms with van der Waals surface area (Å²) in [6.07, 6.45) is 1.28. The first-order valence-corrected chi connectivity index (χ1v) is 6.24. The maximum Gasteiger partial charge on any atom is 0.305 e. The first-order chi connectivity index (χ1) is 7.09. The zero-order valence-electron chi connectivity index (χ0n) is 7.40. The molecular weight excluding hydrogens is 238 g/mol. The van der Waals surface area contributed by atoms with Gasteiger partial charge in [-0.2, -0.15) is 12.7 Å². The summed E-state index contributed by atoms with van der Waals surface area (Å²) in [5, 5.41) is 10.8. The SMILES string of the molecule is NS(=O)(=O)N(c1ccon1)c1cccs1. The van der Waals surface area contributed by atoms with E-state index in [1.807, 2.05) is 0 Å². The van der Waals surface area contributed by atoms with Gasteiger partial charge in [0.05, 0.1) is 0 Å². The van der Waals surface area contributed by atoms with Crippen molar-refractivity contribution in [3.8, 4) is 0 Å². The number of nitrogens with two attached hydrogens (primary N) is 1. The average Bonchev–Trinajstić information content (AvgIpc) is 2.73. The highest BCUT2D eigenvalue weighted by atomic mass is 32.2. The molecule has 0 amide bonds. The van der Waals surface area contributed by atoms with Crippen molar-refractivity contribution in [1.29, 1.82) is 0 Å². The van der Waals surface area contributed by atoms with Crippen LogP contribution in [0.3, 0.4) is 0 Å². The molecule has 0 saturated heterocycles. The van der Waals surface area contributed by atoms with Crippen molar-refractivity contribution in [1.82, 2.24) is 5.16 Å². The monoisotopic (exact) mass is 245 g/mol. The van der Waals surface area contributed by atoms with Crippen LogP contribution in [0, 0.1) is 0 Å². The largest absolute Gasteiger partial charge is 0.363 e. The normalized spacial score (nSPS) is 11.5. The quantitative estimate of drug-likeness (QED) is 0.876. The summed E-state index contributed by atoms with van der Waals surface area (Å²) < 4.78 is 28.2. The van der Waals surface area contributed by atoms with E-state index in [4.69, 9.17) is 5.14 Å². The second-order valence-corrected chi connectivity index (χ2v) is 4.94. The van der Waals surface area contributed by atoms with Gasteiger partial charge in [0.15, 0.2) is 5.82 Å². The molecule has 80 valence electrons. The summed E-state index contributed by atoms with van der Waals surface area (Å²) in [6, 6.07) is 4.77. The molecule has 2 heterocycles. The predicted molar refractivity (Wildman–Crippen MR) is 56.1 cm³/mol. The molecule has 0 fully saturated rings. The zero-order valence-corrected chi connectivity index (χ0v) is 9.03. The molecule has 0 bridgehead atoms. The Morgan fingerprint density at radius 2 is 2.27 bits per heavy atom. The van der Waals surface area contributed by atoms with Gasteiger partial charge in [0.1, 0.15) is 11.3 Å². The van der Waals surface area contributed by atoms with Crippen LogP contribution in [0.2, 0.25) is 0 Å². The van der Waals surface area contributed by atoms with Crippen LogP contribution in [0.25, 0.3) is 0 Å². The van der Waals surface area contributed by atoms with E-state index in [-0.39, 0.29) is 5.82 Å². The smallest absolute Gasteiger partial charge is 0.305 e. The molecule has 6 nitrogen and oxygen atoms in total. The molecule has 2 rings (SSSR count). The topological polar surface area (TPSA) is 89.4 Å². The van der Waals surface area contributed by atoms with Crippen LogP contribution in [-0.2, 0) is 10.2 Å². The second-order valence-electron chi connectivity index (χ2n) is 2.62. The second kappa shape index (κ2) is 3.65. The van der Waals surface area contributed by atoms with Gasteiger partial charge in [0.25, 0.3) is 0 Å². The molecule has 0 aromatic carbocycles. The van der Waals surface area contributed by atoms with Gasteiger partial charge < -0.3 is 4.52 Å². The van der Waals surface area contributed by atoms with E-state index >= 15 is 0 Å². The summed E-state index contributed by atoms with van der Waals surface area (Å²) in [5.41, 5.74) is 0. The molecule has 2 aromatic heterocycles. The van der Waals surface area contributed by atoms with E-state index in [9.17, 15) is 8.42 Å². The lowest BCUT2D eigenvalue weighted by Gasteiger charge is -2.15. The molecule has 0 aliphatic carbocycles. The van der Waals surface area contributed by atoms with Crippen molar-refractivity contribution in [2.24, 2.45) is 5.14 Å². The minimum absolute atomic E-state index is 0.139. The van der Waals surface area contributed by atoms with Crippen LogP contribution in [0.1, 0.15) is 0 Å². The lowest BCUT2D eigenvalue weighted by molar-refractivity contribution is 0.421. The van der Waals surface area contributed by atoms with E-state index in [0.717, 1.165) is 4.31 Å². The van der Waals surface area contributed by atoms with Crippen molar-refractivity contribution in [3.63, 3.8) is 0 Å². The third-order valence-corrected chi connectivity index (χ3v) is 3.45. The highest BCUT2D eigenvalue weighted by molar-refractivity contribution is 7.91. The van der Waals surface area contributed by atoms with Gasteiger partial charge in [-0.05, 0) is 17.5 Å². The van der Waals surface area contributed by atoms with Gasteiger partial charge in [-0.15, -0.1) is 11.3 Å². The number of nitrogens with zero attached hydrogens (tertiary/aromatic N) is 2. The summed E-state index contributed by atoms with van der Waals surface area (Å²) in [4.78, 5) is 0. The number of anilines is 2. The van der Waals surface area contributed by atoms with Gasteiger partial charge in [0.2, 0.25) is 0 Å². The van der Waals surface area contributed by atoms with Crippen molar-refractivity contribution < 1.29 is 12.9 Å². The van der Waals surface area contributed by atoms with Crippen LogP contribution in [0.15, 0.2) is 34.4 Å². The molecule has 0 atom stereocenters. The molecule has 2 N–H and O–H groups in total. The first kappa shape index (κ1) is 10.1. The van der Waals surface area contributed by atoms with Crippen molar-refractivity contribution in [2.75, 3.05) is 4.31 Å². The molecule has 0 saturated carbocycles. The summed E-state index contributed by atoms with van der Waals surface area (Å²) in [7, 11) is -3.89. The summed E-state index contributed by atoms with van der Waals surface area (Å²) >= 11 is 1.24. The number of hydrogen-bond acceptors (Lipinski definition) is 5. The third-order valence-electron chi connectivity index (χ3n) is 1.59. The van der Waals surface area contributed by atoms with Gasteiger partial charge in [0, 0.05) is 6.07 Å². The minimum atomic E-state index is -3.89.